The molecule has 1 saturated carbocycles. The Morgan fingerprint density at radius 1 is 1.15 bits per heavy atom. The van der Waals surface area contributed by atoms with Gasteiger partial charge in [-0.25, -0.2) is 0 Å². The highest BCUT2D eigenvalue weighted by Crippen LogP contribution is 2.25. The molecule has 2 amide bonds. The average Bonchev–Trinajstić information content (AvgIpc) is 2.89. The molecule has 1 aliphatic carbocycles. The Kier molecular flexibility index (Phi) is 7.91. The summed E-state index contributed by atoms with van der Waals surface area (Å²) >= 11 is 0. The van der Waals surface area contributed by atoms with E-state index in [0.29, 0.717) is 24.0 Å². The van der Waals surface area contributed by atoms with Crippen LogP contribution in [0, 0.1) is 6.92 Å². The number of rotatable bonds is 7. The first-order chi connectivity index (χ1) is 12.5. The molecule has 144 valence electrons. The Morgan fingerprint density at radius 2 is 1.85 bits per heavy atom. The van der Waals surface area contributed by atoms with Crippen molar-refractivity contribution in [3.8, 4) is 5.75 Å². The Bertz CT molecular complexity index is 610. The van der Waals surface area contributed by atoms with Crippen LogP contribution in [0.15, 0.2) is 18.2 Å². The molecule has 0 unspecified atom stereocenters. The summed E-state index contributed by atoms with van der Waals surface area (Å²) < 4.78 is 5.25. The minimum Gasteiger partial charge on any atom is -0.495 e. The van der Waals surface area contributed by atoms with Crippen molar-refractivity contribution in [2.24, 2.45) is 0 Å². The van der Waals surface area contributed by atoms with E-state index in [-0.39, 0.29) is 18.4 Å². The second kappa shape index (κ2) is 10.2. The van der Waals surface area contributed by atoms with Crippen LogP contribution in [-0.4, -0.2) is 50.0 Å². The first-order valence-corrected chi connectivity index (χ1v) is 9.41. The number of carbonyl (C=O) groups excluding carboxylic acids is 2. The molecule has 26 heavy (non-hydrogen) atoms. The monoisotopic (exact) mass is 361 g/mol. The van der Waals surface area contributed by atoms with Crippen LogP contribution >= 0.6 is 0 Å². The number of ether oxygens (including phenoxy) is 1. The summed E-state index contributed by atoms with van der Waals surface area (Å²) in [5.74, 6) is 0.214. The molecule has 0 atom stereocenters. The van der Waals surface area contributed by atoms with E-state index >= 15 is 0 Å². The number of aryl methyl sites for hydroxylation is 1. The number of anilines is 1. The van der Waals surface area contributed by atoms with Gasteiger partial charge in [0.05, 0.1) is 25.9 Å². The van der Waals surface area contributed by atoms with Gasteiger partial charge < -0.3 is 15.4 Å². The average molecular weight is 361 g/mol. The number of methoxy groups -OCH3 is 1. The highest BCUT2D eigenvalue weighted by atomic mass is 16.5. The third-order valence-electron chi connectivity index (χ3n) is 4.92. The van der Waals surface area contributed by atoms with Crippen LogP contribution in [-0.2, 0) is 9.59 Å². The molecule has 0 spiro atoms. The Balaban J connectivity index is 1.77. The number of nitrogens with one attached hydrogen (secondary N) is 2. The van der Waals surface area contributed by atoms with E-state index in [1.807, 2.05) is 32.2 Å². The number of nitrogens with zero attached hydrogens (tertiary/aromatic N) is 1. The number of benzene rings is 1. The third-order valence-corrected chi connectivity index (χ3v) is 4.92. The normalized spacial score (nSPS) is 15.4. The number of hydrogen-bond acceptors (Lipinski definition) is 4. The number of carbonyl (C=O) groups is 2. The summed E-state index contributed by atoms with van der Waals surface area (Å²) in [7, 11) is 3.55. The molecule has 1 aromatic carbocycles. The van der Waals surface area contributed by atoms with Crippen molar-refractivity contribution in [2.45, 2.75) is 51.5 Å². The van der Waals surface area contributed by atoms with Crippen molar-refractivity contribution < 1.29 is 14.3 Å². The van der Waals surface area contributed by atoms with Gasteiger partial charge in [0.25, 0.3) is 0 Å². The SMILES string of the molecule is COc1ccc(C)cc1NC(=O)CNC(=O)CN(C)C1CCCCCC1. The molecule has 2 rings (SSSR count). The standard InChI is InChI=1S/C20H31N3O3/c1-15-10-11-18(26-3)17(12-15)22-19(24)13-21-20(25)14-23(2)16-8-6-4-5-7-9-16/h10-12,16H,4-9,13-14H2,1-3H3,(H,21,25)(H,22,24). The van der Waals surface area contributed by atoms with Crippen LogP contribution in [0.4, 0.5) is 5.69 Å². The second-order valence-corrected chi connectivity index (χ2v) is 7.09. The van der Waals surface area contributed by atoms with Crippen molar-refractivity contribution in [1.29, 1.82) is 0 Å². The van der Waals surface area contributed by atoms with Crippen LogP contribution in [0.25, 0.3) is 0 Å². The predicted molar refractivity (Wildman–Crippen MR) is 103 cm³/mol. The lowest BCUT2D eigenvalue weighted by atomic mass is 10.1. The fraction of sp³-hybridized carbons (Fsp3) is 0.600. The van der Waals surface area contributed by atoms with Crippen LogP contribution in [0.1, 0.15) is 44.1 Å². The van der Waals surface area contributed by atoms with E-state index in [9.17, 15) is 9.59 Å². The molecule has 0 saturated heterocycles. The fourth-order valence-electron chi connectivity index (χ4n) is 3.40. The van der Waals surface area contributed by atoms with E-state index in [2.05, 4.69) is 15.5 Å². The highest BCUT2D eigenvalue weighted by Gasteiger charge is 2.19. The van der Waals surface area contributed by atoms with Gasteiger partial charge >= 0.3 is 0 Å². The van der Waals surface area contributed by atoms with Crippen molar-refractivity contribution in [1.82, 2.24) is 10.2 Å². The van der Waals surface area contributed by atoms with E-state index in [4.69, 9.17) is 4.74 Å². The quantitative estimate of drug-likeness (QED) is 0.733. The maximum atomic E-state index is 12.2. The third kappa shape index (κ3) is 6.33. The zero-order valence-corrected chi connectivity index (χ0v) is 16.1. The molecular weight excluding hydrogens is 330 g/mol. The van der Waals surface area contributed by atoms with Crippen LogP contribution in [0.5, 0.6) is 5.75 Å². The van der Waals surface area contributed by atoms with Crippen molar-refractivity contribution in [2.75, 3.05) is 32.6 Å². The lowest BCUT2D eigenvalue weighted by Gasteiger charge is -2.26. The van der Waals surface area contributed by atoms with Gasteiger partial charge in [-0.3, -0.25) is 14.5 Å². The molecule has 2 N–H and O–H groups in total. The van der Waals surface area contributed by atoms with Gasteiger partial charge in [0.1, 0.15) is 5.75 Å². The lowest BCUT2D eigenvalue weighted by molar-refractivity contribution is -0.125. The Hall–Kier alpha value is -2.08. The molecule has 1 aromatic rings. The Labute approximate surface area is 156 Å². The minimum absolute atomic E-state index is 0.0472. The van der Waals surface area contributed by atoms with Gasteiger partial charge in [0.2, 0.25) is 11.8 Å². The molecule has 6 heteroatoms. The van der Waals surface area contributed by atoms with Crippen molar-refractivity contribution >= 4 is 17.5 Å². The first-order valence-electron chi connectivity index (χ1n) is 9.41. The molecule has 0 bridgehead atoms. The zero-order valence-electron chi connectivity index (χ0n) is 16.1. The lowest BCUT2D eigenvalue weighted by Crippen LogP contribution is -2.42. The summed E-state index contributed by atoms with van der Waals surface area (Å²) in [6.07, 6.45) is 7.35. The predicted octanol–water partition coefficient (Wildman–Crippen LogP) is 2.71. The van der Waals surface area contributed by atoms with Gasteiger partial charge in [-0.2, -0.15) is 0 Å². The fourth-order valence-corrected chi connectivity index (χ4v) is 3.40. The van der Waals surface area contributed by atoms with E-state index < -0.39 is 0 Å². The molecule has 0 aromatic heterocycles. The molecule has 1 aliphatic rings. The maximum absolute atomic E-state index is 12.2. The van der Waals surface area contributed by atoms with Gasteiger partial charge in [-0.1, -0.05) is 31.7 Å². The molecular formula is C20H31N3O3. The number of likely N-dealkylation sites (N-methyl/N-ethyl adjacent to an activating group) is 1. The van der Waals surface area contributed by atoms with Crippen LogP contribution in [0.3, 0.4) is 0 Å². The summed E-state index contributed by atoms with van der Waals surface area (Å²) in [5.41, 5.74) is 1.64. The van der Waals surface area contributed by atoms with E-state index in [0.717, 1.165) is 18.4 Å². The molecule has 0 radical (unpaired) electrons. The van der Waals surface area contributed by atoms with Gasteiger partial charge in [-0.15, -0.1) is 0 Å². The topological polar surface area (TPSA) is 70.7 Å². The first kappa shape index (κ1) is 20.2. The van der Waals surface area contributed by atoms with Gasteiger partial charge in [0.15, 0.2) is 0 Å². The Morgan fingerprint density at radius 3 is 2.50 bits per heavy atom. The van der Waals surface area contributed by atoms with Crippen molar-refractivity contribution in [3.05, 3.63) is 23.8 Å². The largest absolute Gasteiger partial charge is 0.495 e. The smallest absolute Gasteiger partial charge is 0.243 e. The molecule has 0 aliphatic heterocycles. The minimum atomic E-state index is -0.264. The number of amides is 2. The van der Waals surface area contributed by atoms with Crippen LogP contribution in [0.2, 0.25) is 0 Å². The maximum Gasteiger partial charge on any atom is 0.243 e. The molecule has 0 heterocycles. The van der Waals surface area contributed by atoms with Crippen molar-refractivity contribution in [3.63, 3.8) is 0 Å². The summed E-state index contributed by atoms with van der Waals surface area (Å²) in [6.45, 7) is 2.22. The highest BCUT2D eigenvalue weighted by molar-refractivity contribution is 5.96. The zero-order chi connectivity index (χ0) is 18.9. The van der Waals surface area contributed by atoms with E-state index in [1.165, 1.54) is 25.7 Å². The van der Waals surface area contributed by atoms with Gasteiger partial charge in [-0.05, 0) is 44.5 Å². The second-order valence-electron chi connectivity index (χ2n) is 7.09. The van der Waals surface area contributed by atoms with E-state index in [1.54, 1.807) is 7.11 Å². The summed E-state index contributed by atoms with van der Waals surface area (Å²) in [6, 6.07) is 6.04. The summed E-state index contributed by atoms with van der Waals surface area (Å²) in [5, 5.41) is 5.50. The van der Waals surface area contributed by atoms with Gasteiger partial charge in [0, 0.05) is 6.04 Å². The molecule has 1 fully saturated rings. The number of hydrogen-bond donors (Lipinski definition) is 2. The summed E-state index contributed by atoms with van der Waals surface area (Å²) in [4.78, 5) is 26.4. The molecule has 6 nitrogen and oxygen atoms in total. The van der Waals surface area contributed by atoms with Crippen LogP contribution < -0.4 is 15.4 Å².